The molecule has 0 radical (unpaired) electrons. The van der Waals surface area contributed by atoms with Crippen molar-refractivity contribution in [3.05, 3.63) is 35.9 Å². The molecule has 0 fully saturated rings. The SMILES string of the molecule is CCOC(=O)C(C(=O)OCC)[C@H](C)Cc1ccccc1. The number of esters is 2. The summed E-state index contributed by atoms with van der Waals surface area (Å²) in [4.78, 5) is 23.9. The van der Waals surface area contributed by atoms with E-state index in [0.717, 1.165) is 5.56 Å². The minimum absolute atomic E-state index is 0.171. The lowest BCUT2D eigenvalue weighted by Crippen LogP contribution is -2.34. The Morgan fingerprint density at radius 3 is 1.95 bits per heavy atom. The van der Waals surface area contributed by atoms with Gasteiger partial charge in [0.15, 0.2) is 5.92 Å². The highest BCUT2D eigenvalue weighted by molar-refractivity contribution is 5.95. The average molecular weight is 278 g/mol. The van der Waals surface area contributed by atoms with E-state index >= 15 is 0 Å². The van der Waals surface area contributed by atoms with Gasteiger partial charge in [0.2, 0.25) is 0 Å². The Labute approximate surface area is 120 Å². The van der Waals surface area contributed by atoms with E-state index < -0.39 is 17.9 Å². The van der Waals surface area contributed by atoms with E-state index in [1.807, 2.05) is 37.3 Å². The van der Waals surface area contributed by atoms with Crippen molar-refractivity contribution in [1.29, 1.82) is 0 Å². The maximum atomic E-state index is 12.0. The first kappa shape index (κ1) is 16.2. The number of carbonyl (C=O) groups is 2. The molecule has 1 atom stereocenters. The highest BCUT2D eigenvalue weighted by Gasteiger charge is 2.34. The monoisotopic (exact) mass is 278 g/mol. The molecule has 1 aromatic carbocycles. The van der Waals surface area contributed by atoms with E-state index in [0.29, 0.717) is 6.42 Å². The smallest absolute Gasteiger partial charge is 0.320 e. The van der Waals surface area contributed by atoms with E-state index in [-0.39, 0.29) is 19.1 Å². The van der Waals surface area contributed by atoms with Gasteiger partial charge in [-0.25, -0.2) is 0 Å². The van der Waals surface area contributed by atoms with E-state index in [2.05, 4.69) is 0 Å². The van der Waals surface area contributed by atoms with Gasteiger partial charge in [-0.2, -0.15) is 0 Å². The largest absolute Gasteiger partial charge is 0.465 e. The second-order valence-electron chi connectivity index (χ2n) is 4.65. The summed E-state index contributed by atoms with van der Waals surface area (Å²) in [5, 5.41) is 0. The standard InChI is InChI=1S/C16H22O4/c1-4-19-15(17)14(16(18)20-5-2)12(3)11-13-9-7-6-8-10-13/h6-10,12,14H,4-5,11H2,1-3H3/t12-/m1/s1. The molecule has 1 rings (SSSR count). The normalized spacial score (nSPS) is 12.0. The number of benzene rings is 1. The van der Waals surface area contributed by atoms with Gasteiger partial charge >= 0.3 is 11.9 Å². The highest BCUT2D eigenvalue weighted by Crippen LogP contribution is 2.20. The lowest BCUT2D eigenvalue weighted by molar-refractivity contribution is -0.164. The quantitative estimate of drug-likeness (QED) is 0.568. The molecule has 0 aliphatic rings. The molecule has 0 unspecified atom stereocenters. The number of rotatable bonds is 7. The summed E-state index contributed by atoms with van der Waals surface area (Å²) in [6, 6.07) is 9.76. The van der Waals surface area contributed by atoms with Crippen LogP contribution in [0.4, 0.5) is 0 Å². The predicted octanol–water partition coefficient (Wildman–Crippen LogP) is 2.61. The number of carbonyl (C=O) groups excluding carboxylic acids is 2. The number of ether oxygens (including phenoxy) is 2. The lowest BCUT2D eigenvalue weighted by Gasteiger charge is -2.20. The van der Waals surface area contributed by atoms with Crippen LogP contribution in [-0.4, -0.2) is 25.2 Å². The fourth-order valence-corrected chi connectivity index (χ4v) is 2.13. The first-order valence-corrected chi connectivity index (χ1v) is 6.97. The highest BCUT2D eigenvalue weighted by atomic mass is 16.6. The molecule has 110 valence electrons. The van der Waals surface area contributed by atoms with Gasteiger partial charge in [0.25, 0.3) is 0 Å². The number of hydrogen-bond donors (Lipinski definition) is 0. The second kappa shape index (κ2) is 8.35. The summed E-state index contributed by atoms with van der Waals surface area (Å²) >= 11 is 0. The van der Waals surface area contributed by atoms with Gasteiger partial charge in [-0.1, -0.05) is 37.3 Å². The van der Waals surface area contributed by atoms with Crippen molar-refractivity contribution in [2.75, 3.05) is 13.2 Å². The van der Waals surface area contributed by atoms with Crippen molar-refractivity contribution in [3.8, 4) is 0 Å². The third kappa shape index (κ3) is 4.68. The zero-order chi connectivity index (χ0) is 15.0. The Bertz CT molecular complexity index is 409. The van der Waals surface area contributed by atoms with Crippen LogP contribution in [0.2, 0.25) is 0 Å². The first-order chi connectivity index (χ1) is 9.60. The van der Waals surface area contributed by atoms with Crippen LogP contribution < -0.4 is 0 Å². The van der Waals surface area contributed by atoms with E-state index in [1.54, 1.807) is 13.8 Å². The zero-order valence-electron chi connectivity index (χ0n) is 12.3. The third-order valence-corrected chi connectivity index (χ3v) is 3.05. The Morgan fingerprint density at radius 1 is 1.00 bits per heavy atom. The molecular formula is C16H22O4. The van der Waals surface area contributed by atoms with Gasteiger partial charge in [-0.05, 0) is 31.7 Å². The molecule has 0 saturated carbocycles. The van der Waals surface area contributed by atoms with Crippen LogP contribution in [0.15, 0.2) is 30.3 Å². The predicted molar refractivity (Wildman–Crippen MR) is 76.1 cm³/mol. The van der Waals surface area contributed by atoms with Gasteiger partial charge < -0.3 is 9.47 Å². The van der Waals surface area contributed by atoms with Crippen LogP contribution in [0.5, 0.6) is 0 Å². The van der Waals surface area contributed by atoms with Crippen LogP contribution >= 0.6 is 0 Å². The summed E-state index contributed by atoms with van der Waals surface area (Å²) < 4.78 is 9.98. The molecule has 0 heterocycles. The fraction of sp³-hybridized carbons (Fsp3) is 0.500. The topological polar surface area (TPSA) is 52.6 Å². The van der Waals surface area contributed by atoms with Crippen molar-refractivity contribution in [2.45, 2.75) is 27.2 Å². The lowest BCUT2D eigenvalue weighted by atomic mass is 9.88. The average Bonchev–Trinajstić information content (AvgIpc) is 2.40. The zero-order valence-corrected chi connectivity index (χ0v) is 12.3. The van der Waals surface area contributed by atoms with Crippen molar-refractivity contribution in [3.63, 3.8) is 0 Å². The summed E-state index contributed by atoms with van der Waals surface area (Å²) in [7, 11) is 0. The van der Waals surface area contributed by atoms with Gasteiger partial charge in [0.05, 0.1) is 13.2 Å². The molecule has 0 aliphatic heterocycles. The summed E-state index contributed by atoms with van der Waals surface area (Å²) in [6.07, 6.45) is 0.628. The Hall–Kier alpha value is -1.84. The van der Waals surface area contributed by atoms with Crippen molar-refractivity contribution < 1.29 is 19.1 Å². The maximum Gasteiger partial charge on any atom is 0.320 e. The fourth-order valence-electron chi connectivity index (χ4n) is 2.13. The van der Waals surface area contributed by atoms with Gasteiger partial charge in [0.1, 0.15) is 0 Å². The van der Waals surface area contributed by atoms with Crippen LogP contribution in [-0.2, 0) is 25.5 Å². The van der Waals surface area contributed by atoms with Crippen LogP contribution in [0.3, 0.4) is 0 Å². The maximum absolute atomic E-state index is 12.0. The third-order valence-electron chi connectivity index (χ3n) is 3.05. The van der Waals surface area contributed by atoms with E-state index in [1.165, 1.54) is 0 Å². The summed E-state index contributed by atoms with van der Waals surface area (Å²) in [6.45, 7) is 5.83. The van der Waals surface area contributed by atoms with Crippen LogP contribution in [0.1, 0.15) is 26.3 Å². The van der Waals surface area contributed by atoms with E-state index in [9.17, 15) is 9.59 Å². The molecule has 1 aromatic rings. The minimum Gasteiger partial charge on any atom is -0.465 e. The second-order valence-corrected chi connectivity index (χ2v) is 4.65. The van der Waals surface area contributed by atoms with Gasteiger partial charge in [0, 0.05) is 0 Å². The molecule has 0 N–H and O–H groups in total. The van der Waals surface area contributed by atoms with Crippen molar-refractivity contribution >= 4 is 11.9 Å². The van der Waals surface area contributed by atoms with Crippen LogP contribution in [0, 0.1) is 11.8 Å². The Balaban J connectivity index is 2.80. The Kier molecular flexibility index (Phi) is 6.77. The molecule has 4 heteroatoms. The first-order valence-electron chi connectivity index (χ1n) is 6.97. The Morgan fingerprint density at radius 2 is 1.50 bits per heavy atom. The molecule has 0 aliphatic carbocycles. The minimum atomic E-state index is -0.866. The number of hydrogen-bond acceptors (Lipinski definition) is 4. The van der Waals surface area contributed by atoms with Crippen molar-refractivity contribution in [2.24, 2.45) is 11.8 Å². The van der Waals surface area contributed by atoms with E-state index in [4.69, 9.17) is 9.47 Å². The molecule has 4 nitrogen and oxygen atoms in total. The molecule has 0 spiro atoms. The molecule has 0 saturated heterocycles. The summed E-state index contributed by atoms with van der Waals surface area (Å²) in [5.41, 5.74) is 1.08. The van der Waals surface area contributed by atoms with Gasteiger partial charge in [-0.3, -0.25) is 9.59 Å². The molecule has 0 bridgehead atoms. The molecular weight excluding hydrogens is 256 g/mol. The molecule has 0 amide bonds. The van der Waals surface area contributed by atoms with Gasteiger partial charge in [-0.15, -0.1) is 0 Å². The molecule has 0 aromatic heterocycles. The summed E-state index contributed by atoms with van der Waals surface area (Å²) in [5.74, 6) is -2.05. The van der Waals surface area contributed by atoms with Crippen LogP contribution in [0.25, 0.3) is 0 Å². The molecule has 20 heavy (non-hydrogen) atoms. The van der Waals surface area contributed by atoms with Crippen molar-refractivity contribution in [1.82, 2.24) is 0 Å².